The van der Waals surface area contributed by atoms with Crippen molar-refractivity contribution in [3.05, 3.63) is 12.2 Å². The van der Waals surface area contributed by atoms with E-state index in [-0.39, 0.29) is 18.5 Å². The highest BCUT2D eigenvalue weighted by Gasteiger charge is 2.20. The third-order valence-electron chi connectivity index (χ3n) is 17.1. The Kier molecular flexibility index (Phi) is 66.9. The van der Waals surface area contributed by atoms with Crippen molar-refractivity contribution in [3.63, 3.8) is 0 Å². The first-order chi connectivity index (χ1) is 38.5. The lowest BCUT2D eigenvalue weighted by molar-refractivity contribution is -0.143. The zero-order chi connectivity index (χ0) is 56.4. The molecular formula is C72H141NO5. The molecular weight excluding hydrogens is 959 g/mol. The van der Waals surface area contributed by atoms with Crippen molar-refractivity contribution in [1.82, 2.24) is 5.32 Å². The predicted octanol–water partition coefficient (Wildman–Crippen LogP) is 23.1. The van der Waals surface area contributed by atoms with Crippen LogP contribution in [0.5, 0.6) is 0 Å². The lowest BCUT2D eigenvalue weighted by Crippen LogP contribution is -2.45. The van der Waals surface area contributed by atoms with E-state index in [2.05, 4.69) is 31.3 Å². The molecule has 1 amide bonds. The number of carbonyl (C=O) groups is 2. The molecule has 0 radical (unpaired) electrons. The maximum absolute atomic E-state index is 12.6. The first kappa shape index (κ1) is 76.6. The Hall–Kier alpha value is -1.40. The summed E-state index contributed by atoms with van der Waals surface area (Å²) in [4.78, 5) is 24.6. The van der Waals surface area contributed by atoms with Crippen molar-refractivity contribution in [2.45, 2.75) is 424 Å². The van der Waals surface area contributed by atoms with Gasteiger partial charge in [0.15, 0.2) is 0 Å². The number of aliphatic hydroxyl groups excluding tert-OH is 2. The number of ether oxygens (including phenoxy) is 1. The molecule has 464 valence electrons. The van der Waals surface area contributed by atoms with Crippen LogP contribution >= 0.6 is 0 Å². The Labute approximate surface area is 489 Å². The van der Waals surface area contributed by atoms with Crippen molar-refractivity contribution in [2.24, 2.45) is 0 Å². The zero-order valence-corrected chi connectivity index (χ0v) is 53.2. The number of amides is 1. The molecule has 0 bridgehead atoms. The number of nitrogens with one attached hydrogen (secondary N) is 1. The molecule has 0 saturated carbocycles. The van der Waals surface area contributed by atoms with E-state index in [1.807, 2.05) is 0 Å². The van der Waals surface area contributed by atoms with Gasteiger partial charge in [-0.1, -0.05) is 360 Å². The van der Waals surface area contributed by atoms with Crippen LogP contribution in [0, 0.1) is 0 Å². The largest absolute Gasteiger partial charge is 0.466 e. The smallest absolute Gasteiger partial charge is 0.305 e. The number of carbonyl (C=O) groups excluding carboxylic acids is 2. The van der Waals surface area contributed by atoms with E-state index in [1.165, 1.54) is 334 Å². The standard InChI is InChI=1S/C72H141NO5/c1-3-5-7-9-11-13-15-17-19-20-21-22-28-31-34-37-40-44-48-52-56-60-64-70(75)69(68-74)73-71(76)65-61-57-53-49-45-41-38-35-32-29-26-24-23-25-27-30-33-36-39-43-47-51-55-59-63-67-78-72(77)66-62-58-54-50-46-42-18-16-14-12-10-8-6-4-2/h16,18,69-70,74-75H,3-15,17,19-68H2,1-2H3,(H,73,76)/b18-16-. The van der Waals surface area contributed by atoms with E-state index in [9.17, 15) is 19.8 Å². The summed E-state index contributed by atoms with van der Waals surface area (Å²) in [6, 6.07) is -0.541. The molecule has 0 spiro atoms. The van der Waals surface area contributed by atoms with Gasteiger partial charge < -0.3 is 20.3 Å². The molecule has 0 rings (SSSR count). The number of esters is 1. The molecule has 0 fully saturated rings. The van der Waals surface area contributed by atoms with E-state index in [1.54, 1.807) is 0 Å². The van der Waals surface area contributed by atoms with Crippen molar-refractivity contribution >= 4 is 11.9 Å². The number of unbranched alkanes of at least 4 members (excludes halogenated alkanes) is 55. The zero-order valence-electron chi connectivity index (χ0n) is 53.2. The van der Waals surface area contributed by atoms with Gasteiger partial charge in [-0.2, -0.15) is 0 Å². The lowest BCUT2D eigenvalue weighted by atomic mass is 10.0. The van der Waals surface area contributed by atoms with Gasteiger partial charge in [-0.3, -0.25) is 9.59 Å². The summed E-state index contributed by atoms with van der Waals surface area (Å²) in [5.74, 6) is -0.0191. The third kappa shape index (κ3) is 63.8. The van der Waals surface area contributed by atoms with Crippen LogP contribution in [0.4, 0.5) is 0 Å². The Bertz CT molecular complexity index is 1180. The molecule has 2 unspecified atom stereocenters. The summed E-state index contributed by atoms with van der Waals surface area (Å²) >= 11 is 0. The summed E-state index contributed by atoms with van der Waals surface area (Å²) in [6.07, 6.45) is 84.0. The molecule has 0 aromatic carbocycles. The summed E-state index contributed by atoms with van der Waals surface area (Å²) < 4.78 is 5.49. The summed E-state index contributed by atoms with van der Waals surface area (Å²) in [6.45, 7) is 4.99. The second kappa shape index (κ2) is 68.1. The highest BCUT2D eigenvalue weighted by Crippen LogP contribution is 2.19. The van der Waals surface area contributed by atoms with Crippen molar-refractivity contribution in [3.8, 4) is 0 Å². The Morgan fingerprint density at radius 1 is 0.346 bits per heavy atom. The fourth-order valence-electron chi connectivity index (χ4n) is 11.6. The molecule has 6 nitrogen and oxygen atoms in total. The molecule has 0 saturated heterocycles. The van der Waals surface area contributed by atoms with Gasteiger partial charge in [0, 0.05) is 12.8 Å². The number of aliphatic hydroxyl groups is 2. The summed E-state index contributed by atoms with van der Waals surface area (Å²) in [5.41, 5.74) is 0. The fraction of sp³-hybridized carbons (Fsp3) is 0.944. The van der Waals surface area contributed by atoms with Crippen LogP contribution in [-0.4, -0.2) is 47.4 Å². The van der Waals surface area contributed by atoms with Gasteiger partial charge in [0.25, 0.3) is 0 Å². The fourth-order valence-corrected chi connectivity index (χ4v) is 11.6. The maximum atomic E-state index is 12.6. The summed E-state index contributed by atoms with van der Waals surface area (Å²) in [5, 5.41) is 23.4. The van der Waals surface area contributed by atoms with Crippen molar-refractivity contribution in [2.75, 3.05) is 13.2 Å². The van der Waals surface area contributed by atoms with Gasteiger partial charge in [0.2, 0.25) is 5.91 Å². The average Bonchev–Trinajstić information content (AvgIpc) is 3.44. The molecule has 0 aromatic heterocycles. The van der Waals surface area contributed by atoms with Crippen molar-refractivity contribution < 1.29 is 24.5 Å². The monoisotopic (exact) mass is 1100 g/mol. The highest BCUT2D eigenvalue weighted by atomic mass is 16.5. The number of allylic oxidation sites excluding steroid dienone is 2. The molecule has 3 N–H and O–H groups in total. The second-order valence-corrected chi connectivity index (χ2v) is 24.9. The van der Waals surface area contributed by atoms with Crippen LogP contribution in [0.3, 0.4) is 0 Å². The topological polar surface area (TPSA) is 95.9 Å². The van der Waals surface area contributed by atoms with Gasteiger partial charge in [0.1, 0.15) is 0 Å². The van der Waals surface area contributed by atoms with Gasteiger partial charge >= 0.3 is 5.97 Å². The second-order valence-electron chi connectivity index (χ2n) is 24.9. The van der Waals surface area contributed by atoms with Gasteiger partial charge in [-0.15, -0.1) is 0 Å². The molecule has 0 aliphatic rings. The molecule has 0 aliphatic heterocycles. The molecule has 0 heterocycles. The van der Waals surface area contributed by atoms with Gasteiger partial charge in [0.05, 0.1) is 25.4 Å². The minimum Gasteiger partial charge on any atom is -0.466 e. The normalized spacial score (nSPS) is 12.5. The highest BCUT2D eigenvalue weighted by molar-refractivity contribution is 5.76. The van der Waals surface area contributed by atoms with Crippen LogP contribution in [0.25, 0.3) is 0 Å². The number of rotatable bonds is 68. The minimum absolute atomic E-state index is 0.00903. The molecule has 6 heteroatoms. The number of hydrogen-bond donors (Lipinski definition) is 3. The van der Waals surface area contributed by atoms with E-state index < -0.39 is 12.1 Å². The lowest BCUT2D eigenvalue weighted by Gasteiger charge is -2.22. The van der Waals surface area contributed by atoms with Crippen LogP contribution in [0.2, 0.25) is 0 Å². The van der Waals surface area contributed by atoms with Crippen LogP contribution in [0.15, 0.2) is 12.2 Å². The molecule has 2 atom stereocenters. The molecule has 78 heavy (non-hydrogen) atoms. The van der Waals surface area contributed by atoms with Crippen LogP contribution < -0.4 is 5.32 Å². The Balaban J connectivity index is 3.36. The first-order valence-electron chi connectivity index (χ1n) is 35.9. The Morgan fingerprint density at radius 2 is 0.603 bits per heavy atom. The van der Waals surface area contributed by atoms with Gasteiger partial charge in [-0.05, 0) is 51.4 Å². The average molecular weight is 1100 g/mol. The van der Waals surface area contributed by atoms with Crippen LogP contribution in [-0.2, 0) is 14.3 Å². The first-order valence-corrected chi connectivity index (χ1v) is 35.9. The predicted molar refractivity (Wildman–Crippen MR) is 343 cm³/mol. The SMILES string of the molecule is CCCCCCC/C=C\CCCCCCCC(=O)OCCCCCCCCCCCCCCCCCCCCCCCCCCCC(=O)NC(CO)C(O)CCCCCCCCCCCCCCCCCCCCCCCC. The maximum Gasteiger partial charge on any atom is 0.305 e. The molecule has 0 aliphatic carbocycles. The molecule has 0 aromatic rings. The van der Waals surface area contributed by atoms with Gasteiger partial charge in [-0.25, -0.2) is 0 Å². The van der Waals surface area contributed by atoms with E-state index in [0.29, 0.717) is 25.9 Å². The Morgan fingerprint density at radius 3 is 0.910 bits per heavy atom. The van der Waals surface area contributed by atoms with Crippen molar-refractivity contribution in [1.29, 1.82) is 0 Å². The number of hydrogen-bond acceptors (Lipinski definition) is 5. The third-order valence-corrected chi connectivity index (χ3v) is 17.1. The quantitative estimate of drug-likeness (QED) is 0.0320. The van der Waals surface area contributed by atoms with Crippen LogP contribution in [0.1, 0.15) is 412 Å². The summed E-state index contributed by atoms with van der Waals surface area (Å²) in [7, 11) is 0. The minimum atomic E-state index is -0.664. The van der Waals surface area contributed by atoms with E-state index in [4.69, 9.17) is 4.74 Å². The van der Waals surface area contributed by atoms with E-state index in [0.717, 1.165) is 44.9 Å². The van der Waals surface area contributed by atoms with E-state index >= 15 is 0 Å².